The molecule has 1 atom stereocenters. The minimum Gasteiger partial charge on any atom is -0.353 e. The molecule has 0 spiro atoms. The number of amides is 3. The van der Waals surface area contributed by atoms with Gasteiger partial charge >= 0.3 is 0 Å². The SMILES string of the molecule is CC1CCN(C(C)CNC(=O)CN2C(=O)c3ccccc3C2=O)CC1. The van der Waals surface area contributed by atoms with Crippen molar-refractivity contribution in [2.75, 3.05) is 26.2 Å². The van der Waals surface area contributed by atoms with Crippen molar-refractivity contribution >= 4 is 17.7 Å². The molecule has 0 aliphatic carbocycles. The molecule has 6 nitrogen and oxygen atoms in total. The average molecular weight is 343 g/mol. The maximum atomic E-state index is 12.3. The van der Waals surface area contributed by atoms with Gasteiger partial charge in [-0.3, -0.25) is 24.2 Å². The standard InChI is InChI=1S/C19H25N3O3/c1-13-7-9-21(10-8-13)14(2)11-20-17(23)12-22-18(24)15-5-3-4-6-16(15)19(22)25/h3-6,13-14H,7-12H2,1-2H3,(H,20,23). The fourth-order valence-electron chi connectivity index (χ4n) is 3.44. The van der Waals surface area contributed by atoms with Crippen LogP contribution < -0.4 is 5.32 Å². The predicted molar refractivity (Wildman–Crippen MR) is 94.3 cm³/mol. The molecule has 3 rings (SSSR count). The van der Waals surface area contributed by atoms with Gasteiger partial charge in [-0.2, -0.15) is 0 Å². The Balaban J connectivity index is 1.50. The summed E-state index contributed by atoms with van der Waals surface area (Å²) in [6, 6.07) is 6.92. The number of hydrogen-bond acceptors (Lipinski definition) is 4. The largest absolute Gasteiger partial charge is 0.353 e. The van der Waals surface area contributed by atoms with Crippen molar-refractivity contribution < 1.29 is 14.4 Å². The number of fused-ring (bicyclic) bond motifs is 1. The second kappa shape index (κ2) is 7.35. The van der Waals surface area contributed by atoms with Crippen molar-refractivity contribution in [2.45, 2.75) is 32.7 Å². The van der Waals surface area contributed by atoms with Gasteiger partial charge in [-0.1, -0.05) is 19.1 Å². The number of likely N-dealkylation sites (tertiary alicyclic amines) is 1. The number of rotatable bonds is 5. The van der Waals surface area contributed by atoms with Crippen molar-refractivity contribution in [3.63, 3.8) is 0 Å². The maximum Gasteiger partial charge on any atom is 0.262 e. The van der Waals surface area contributed by atoms with E-state index in [1.807, 2.05) is 0 Å². The number of nitrogens with one attached hydrogen (secondary N) is 1. The number of nitrogens with zero attached hydrogens (tertiary/aromatic N) is 2. The zero-order chi connectivity index (χ0) is 18.0. The number of hydrogen-bond donors (Lipinski definition) is 1. The molecule has 0 aromatic heterocycles. The van der Waals surface area contributed by atoms with Crippen LogP contribution in [0.5, 0.6) is 0 Å². The second-order valence-electron chi connectivity index (χ2n) is 7.11. The summed E-state index contributed by atoms with van der Waals surface area (Å²) < 4.78 is 0. The average Bonchev–Trinajstić information content (AvgIpc) is 2.86. The van der Waals surface area contributed by atoms with Crippen molar-refractivity contribution in [1.82, 2.24) is 15.1 Å². The van der Waals surface area contributed by atoms with Crippen LogP contribution in [0.1, 0.15) is 47.4 Å². The van der Waals surface area contributed by atoms with Crippen LogP contribution in [0.2, 0.25) is 0 Å². The van der Waals surface area contributed by atoms with E-state index in [1.165, 1.54) is 12.8 Å². The summed E-state index contributed by atoms with van der Waals surface area (Å²) in [7, 11) is 0. The molecule has 1 unspecified atom stereocenters. The highest BCUT2D eigenvalue weighted by molar-refractivity contribution is 6.22. The van der Waals surface area contributed by atoms with Crippen LogP contribution in [0.4, 0.5) is 0 Å². The highest BCUT2D eigenvalue weighted by Crippen LogP contribution is 2.22. The summed E-state index contributed by atoms with van der Waals surface area (Å²) in [5.41, 5.74) is 0.743. The molecule has 1 aromatic rings. The van der Waals surface area contributed by atoms with Crippen LogP contribution in [0.25, 0.3) is 0 Å². The summed E-state index contributed by atoms with van der Waals surface area (Å²) in [6.45, 7) is 6.77. The molecule has 1 fully saturated rings. The van der Waals surface area contributed by atoms with E-state index in [2.05, 4.69) is 24.1 Å². The Labute approximate surface area is 148 Å². The first kappa shape index (κ1) is 17.6. The number of imide groups is 1. The lowest BCUT2D eigenvalue weighted by atomic mass is 9.98. The fraction of sp³-hybridized carbons (Fsp3) is 0.526. The number of piperidine rings is 1. The minimum atomic E-state index is -0.395. The molecule has 1 N–H and O–H groups in total. The lowest BCUT2D eigenvalue weighted by Gasteiger charge is -2.35. The molecular formula is C19H25N3O3. The minimum absolute atomic E-state index is 0.226. The molecular weight excluding hydrogens is 318 g/mol. The first-order valence-electron chi connectivity index (χ1n) is 8.93. The van der Waals surface area contributed by atoms with Gasteiger partial charge in [0, 0.05) is 12.6 Å². The summed E-state index contributed by atoms with van der Waals surface area (Å²) in [6.07, 6.45) is 2.38. The number of carbonyl (C=O) groups excluding carboxylic acids is 3. The zero-order valence-corrected chi connectivity index (χ0v) is 14.8. The number of carbonyl (C=O) groups is 3. The zero-order valence-electron chi connectivity index (χ0n) is 14.8. The van der Waals surface area contributed by atoms with Crippen molar-refractivity contribution in [3.8, 4) is 0 Å². The summed E-state index contributed by atoms with van der Waals surface area (Å²) in [5, 5.41) is 2.86. The Hall–Kier alpha value is -2.21. The molecule has 25 heavy (non-hydrogen) atoms. The van der Waals surface area contributed by atoms with E-state index < -0.39 is 11.8 Å². The normalized spacial score (nSPS) is 19.8. The molecule has 0 radical (unpaired) electrons. The van der Waals surface area contributed by atoms with E-state index in [0.717, 1.165) is 23.9 Å². The Morgan fingerprint density at radius 1 is 1.16 bits per heavy atom. The van der Waals surface area contributed by atoms with Gasteiger partial charge in [0.25, 0.3) is 11.8 Å². The third kappa shape index (κ3) is 3.74. The van der Waals surface area contributed by atoms with E-state index in [9.17, 15) is 14.4 Å². The quantitative estimate of drug-likeness (QED) is 0.823. The van der Waals surface area contributed by atoms with Crippen molar-refractivity contribution in [1.29, 1.82) is 0 Å². The van der Waals surface area contributed by atoms with E-state index in [0.29, 0.717) is 17.7 Å². The predicted octanol–water partition coefficient (Wildman–Crippen LogP) is 1.52. The van der Waals surface area contributed by atoms with Crippen LogP contribution in [0, 0.1) is 5.92 Å². The van der Waals surface area contributed by atoms with Crippen molar-refractivity contribution in [2.24, 2.45) is 5.92 Å². The second-order valence-corrected chi connectivity index (χ2v) is 7.11. The van der Waals surface area contributed by atoms with Crippen LogP contribution in [-0.2, 0) is 4.79 Å². The van der Waals surface area contributed by atoms with Gasteiger partial charge in [-0.25, -0.2) is 0 Å². The highest BCUT2D eigenvalue weighted by Gasteiger charge is 2.36. The molecule has 0 bridgehead atoms. The Kier molecular flexibility index (Phi) is 5.18. The Bertz CT molecular complexity index is 645. The van der Waals surface area contributed by atoms with E-state index >= 15 is 0 Å². The molecule has 2 heterocycles. The molecule has 134 valence electrons. The summed E-state index contributed by atoms with van der Waals surface area (Å²) >= 11 is 0. The van der Waals surface area contributed by atoms with Gasteiger partial charge in [0.1, 0.15) is 6.54 Å². The van der Waals surface area contributed by atoms with Crippen LogP contribution in [0.3, 0.4) is 0 Å². The molecule has 2 aliphatic heterocycles. The molecule has 0 saturated carbocycles. The van der Waals surface area contributed by atoms with Crippen molar-refractivity contribution in [3.05, 3.63) is 35.4 Å². The summed E-state index contributed by atoms with van der Waals surface area (Å²) in [4.78, 5) is 40.2. The Morgan fingerprint density at radius 3 is 2.28 bits per heavy atom. The Morgan fingerprint density at radius 2 is 1.72 bits per heavy atom. The molecule has 2 aliphatic rings. The van der Waals surface area contributed by atoms with Crippen LogP contribution in [-0.4, -0.2) is 59.7 Å². The molecule has 1 saturated heterocycles. The van der Waals surface area contributed by atoms with Gasteiger partial charge < -0.3 is 5.32 Å². The molecule has 1 aromatic carbocycles. The topological polar surface area (TPSA) is 69.7 Å². The molecule has 3 amide bonds. The lowest BCUT2D eigenvalue weighted by Crippen LogP contribution is -2.47. The van der Waals surface area contributed by atoms with E-state index in [4.69, 9.17) is 0 Å². The third-order valence-electron chi connectivity index (χ3n) is 5.22. The van der Waals surface area contributed by atoms with Gasteiger partial charge in [-0.05, 0) is 50.9 Å². The third-order valence-corrected chi connectivity index (χ3v) is 5.22. The first-order valence-corrected chi connectivity index (χ1v) is 8.93. The summed E-state index contributed by atoms with van der Waals surface area (Å²) in [5.74, 6) is -0.318. The van der Waals surface area contributed by atoms with Gasteiger partial charge in [0.2, 0.25) is 5.91 Å². The van der Waals surface area contributed by atoms with E-state index in [1.54, 1.807) is 24.3 Å². The van der Waals surface area contributed by atoms with Crippen LogP contribution in [0.15, 0.2) is 24.3 Å². The first-order chi connectivity index (χ1) is 12.0. The van der Waals surface area contributed by atoms with Crippen LogP contribution >= 0.6 is 0 Å². The maximum absolute atomic E-state index is 12.3. The van der Waals surface area contributed by atoms with Gasteiger partial charge in [-0.15, -0.1) is 0 Å². The fourth-order valence-corrected chi connectivity index (χ4v) is 3.44. The molecule has 6 heteroatoms. The smallest absolute Gasteiger partial charge is 0.262 e. The highest BCUT2D eigenvalue weighted by atomic mass is 16.2. The number of benzene rings is 1. The monoisotopic (exact) mass is 343 g/mol. The van der Waals surface area contributed by atoms with E-state index in [-0.39, 0.29) is 18.5 Å². The lowest BCUT2D eigenvalue weighted by molar-refractivity contribution is -0.121. The van der Waals surface area contributed by atoms with Gasteiger partial charge in [0.05, 0.1) is 11.1 Å². The van der Waals surface area contributed by atoms with Gasteiger partial charge in [0.15, 0.2) is 0 Å².